The van der Waals surface area contributed by atoms with Gasteiger partial charge in [-0.15, -0.1) is 0 Å². The van der Waals surface area contributed by atoms with Crippen LogP contribution < -0.4 is 113 Å². The van der Waals surface area contributed by atoms with E-state index in [4.69, 9.17) is 155 Å². The van der Waals surface area contributed by atoms with Crippen molar-refractivity contribution < 1.29 is 166 Å². The van der Waals surface area contributed by atoms with Crippen LogP contribution in [0, 0.1) is 0 Å². The van der Waals surface area contributed by atoms with Crippen LogP contribution in [0.5, 0.6) is 0 Å². The predicted molar refractivity (Wildman–Crippen MR) is 201 cm³/mol. The Labute approximate surface area is 397 Å². The molecule has 45 heteroatoms. The number of carbonyl (C=O) groups excluding carboxylic acids is 8. The van der Waals surface area contributed by atoms with Crippen molar-refractivity contribution in [3.05, 3.63) is 0 Å². The average Bonchev–Trinajstić information content (AvgIpc) is 2.78. The van der Waals surface area contributed by atoms with Gasteiger partial charge in [0.1, 0.15) is 0 Å². The minimum Gasteiger partial charge on any atom is -0.759 e. The third-order valence-corrected chi connectivity index (χ3v) is 0.333. The monoisotopic (exact) mass is 1140 g/mol. The first-order chi connectivity index (χ1) is 23.7. The summed E-state index contributed by atoms with van der Waals surface area (Å²) >= 11 is 0. The Balaban J connectivity index is -0.0000000138. The molecule has 0 saturated heterocycles. The maximum atomic E-state index is 8.89. The zero-order chi connectivity index (χ0) is 48.9. The number of rotatable bonds is 2. The van der Waals surface area contributed by atoms with E-state index in [1.165, 1.54) is 0 Å². The van der Waals surface area contributed by atoms with E-state index >= 15 is 0 Å². The minimum absolute atomic E-state index is 0. The molecule has 0 bridgehead atoms. The molecule has 0 saturated carbocycles. The van der Waals surface area contributed by atoms with E-state index in [-0.39, 0.29) is 83.3 Å². The van der Waals surface area contributed by atoms with Crippen LogP contribution in [-0.4, -0.2) is 127 Å². The van der Waals surface area contributed by atoms with E-state index in [1.54, 1.807) is 0 Å². The smallest absolute Gasteiger partial charge is 0.759 e. The molecule has 65 heavy (non-hydrogen) atoms. The van der Waals surface area contributed by atoms with Crippen LogP contribution in [0.4, 0.5) is 0 Å². The fourth-order valence-corrected chi connectivity index (χ4v) is 0. The second-order valence-electron chi connectivity index (χ2n) is 6.31. The summed E-state index contributed by atoms with van der Waals surface area (Å²) in [6.07, 6.45) is 0. The summed E-state index contributed by atoms with van der Waals surface area (Å²) in [5, 5.41) is 71.1. The van der Waals surface area contributed by atoms with E-state index in [2.05, 4.69) is 0 Å². The Morgan fingerprint density at radius 2 is 0.292 bits per heavy atom. The normalized spacial score (nSPS) is 6.68. The van der Waals surface area contributed by atoms with Crippen LogP contribution in [0.15, 0.2) is 0 Å². The van der Waals surface area contributed by atoms with Crippen LogP contribution >= 0.6 is 0 Å². The van der Waals surface area contributed by atoms with Gasteiger partial charge in [0.2, 0.25) is 0 Å². The van der Waals surface area contributed by atoms with Gasteiger partial charge in [-0.25, -0.2) is 0 Å². The molecule has 0 aliphatic rings. The minimum atomic E-state index is -5.17. The molecule has 0 fully saturated rings. The first kappa shape index (κ1) is 152. The molecule has 40 nitrogen and oxygen atoms in total. The number of quaternary nitrogens is 8. The van der Waals surface area contributed by atoms with Crippen LogP contribution in [0.3, 0.4) is 0 Å². The molecule has 0 heterocycles. The molecule has 40 N–H and O–H groups in total. The number of hydrogen-bond acceptors (Lipinski definition) is 32. The van der Waals surface area contributed by atoms with E-state index in [0.717, 1.165) is 55.4 Å². The summed E-state index contributed by atoms with van der Waals surface area (Å²) in [6.45, 7) is 10.2. The van der Waals surface area contributed by atoms with Crippen LogP contribution in [0.1, 0.15) is 55.4 Å². The molecule has 0 amide bonds. The Morgan fingerprint density at radius 3 is 0.292 bits per heavy atom. The number of carboxylic acids is 8. The number of carbonyl (C=O) groups is 8. The van der Waals surface area contributed by atoms with E-state index < -0.39 is 79.0 Å². The van der Waals surface area contributed by atoms with Gasteiger partial charge in [-0.2, -0.15) is 0 Å². The SMILES string of the molecule is CC(=O)[O-].CC(=O)[O-].CC(=O)[O-].CC(=O)[O-].CC(=O)[O-].CC(=O)[O-].CC(=O)[O-].CC(=O)[O-].NCCN.NCCN.O=S(=O)([O-])[O-].O=S(=O)([O-])[O-].O=S(=O)([O-])[O-].[Fe+3].[Fe+3].[NH4+].[NH4+].[NH4+].[NH4+].[NH4+].[NH4+].[NH4+].[NH4+]. The molecule has 0 aromatic heterocycles. The fraction of sp³-hybridized carbons (Fsp3) is 0.600. The van der Waals surface area contributed by atoms with Gasteiger partial charge in [0.15, 0.2) is 0 Å². The fourth-order valence-electron chi connectivity index (χ4n) is 0. The van der Waals surface area contributed by atoms with Gasteiger partial charge in [-0.1, -0.05) is 0 Å². The van der Waals surface area contributed by atoms with Crippen molar-refractivity contribution in [2.24, 2.45) is 22.9 Å². The number of carboxylic acid groups (broad SMARTS) is 8. The number of hydrogen-bond donors (Lipinski definition) is 12. The maximum Gasteiger partial charge on any atom is 3.00 e. The molecule has 0 aliphatic heterocycles. The zero-order valence-electron chi connectivity index (χ0n) is 38.5. The summed E-state index contributed by atoms with van der Waals surface area (Å²) in [5.41, 5.74) is 19.6. The second kappa shape index (κ2) is 118. The maximum absolute atomic E-state index is 8.89. The summed E-state index contributed by atoms with van der Waals surface area (Å²) in [4.78, 5) is 71.1. The molecule has 0 rings (SSSR count). The standard InChI is InChI=1S/2C2H8N2.8C2H4O2.2Fe.8H3N.3H2O4S/c2*3-1-2-4;8*1-2(3)4;;;;;;;;;;;3*1-5(2,3)4/h2*1-4H2;8*1H3,(H,3,4);;;8*1H3;3*(H2,1,2,3,4)/q;;;;;;;;;;2*+3;;;;;;;;;;;/p-6. The summed E-state index contributed by atoms with van der Waals surface area (Å²) in [6, 6.07) is 0. The van der Waals surface area contributed by atoms with Crippen LogP contribution in [0.25, 0.3) is 0 Å². The molecule has 0 aromatic carbocycles. The molecular formula is C20H72Fe2N12O28S3. The zero-order valence-corrected chi connectivity index (χ0v) is 43.2. The van der Waals surface area contributed by atoms with Gasteiger partial charge >= 0.3 is 34.1 Å². The first-order valence-electron chi connectivity index (χ1n) is 11.9. The van der Waals surface area contributed by atoms with Gasteiger partial charge in [-0.3, -0.25) is 25.3 Å². The average molecular weight is 1140 g/mol. The molecule has 0 spiro atoms. The largest absolute Gasteiger partial charge is 3.00 e. The van der Waals surface area contributed by atoms with Gasteiger partial charge in [0.05, 0.1) is 0 Å². The van der Waals surface area contributed by atoms with Crippen molar-refractivity contribution in [3.63, 3.8) is 0 Å². The van der Waals surface area contributed by atoms with Crippen molar-refractivity contribution in [3.8, 4) is 0 Å². The van der Waals surface area contributed by atoms with Crippen molar-refractivity contribution >= 4 is 79.0 Å². The topological polar surface area (TPSA) is 958 Å². The first-order valence-corrected chi connectivity index (χ1v) is 15.9. The van der Waals surface area contributed by atoms with Gasteiger partial charge < -0.3 is 179 Å². The number of aliphatic carboxylic acids is 8. The molecule has 0 unspecified atom stereocenters. The Morgan fingerprint density at radius 1 is 0.277 bits per heavy atom. The quantitative estimate of drug-likeness (QED) is 0.0694. The molecular weight excluding hydrogens is 1060 g/mol. The van der Waals surface area contributed by atoms with Gasteiger partial charge in [-0.05, 0) is 55.4 Å². The van der Waals surface area contributed by atoms with Crippen molar-refractivity contribution in [2.45, 2.75) is 55.4 Å². The van der Waals surface area contributed by atoms with Crippen molar-refractivity contribution in [1.29, 1.82) is 0 Å². The van der Waals surface area contributed by atoms with Crippen LogP contribution in [0.2, 0.25) is 0 Å². The van der Waals surface area contributed by atoms with E-state index in [9.17, 15) is 0 Å². The summed E-state index contributed by atoms with van der Waals surface area (Å²) in [7, 11) is -15.5. The van der Waals surface area contributed by atoms with Crippen molar-refractivity contribution in [1.82, 2.24) is 49.2 Å². The third kappa shape index (κ3) is 46900. The number of nitrogens with two attached hydrogens (primary N) is 4. The van der Waals surface area contributed by atoms with Gasteiger partial charge in [0.25, 0.3) is 0 Å². The summed E-state index contributed by atoms with van der Waals surface area (Å²) in [5.74, 6) is -8.67. The second-order valence-corrected chi connectivity index (χ2v) is 8.76. The molecule has 0 atom stereocenters. The molecule has 2 radical (unpaired) electrons. The van der Waals surface area contributed by atoms with Crippen molar-refractivity contribution in [2.75, 3.05) is 26.2 Å². The van der Waals surface area contributed by atoms with Crippen LogP contribution in [-0.2, 0) is 104 Å². The predicted octanol–water partition coefficient (Wildman–Crippen LogP) is -13.2. The van der Waals surface area contributed by atoms with Gasteiger partial charge in [0, 0.05) is 105 Å². The Kier molecular flexibility index (Phi) is 277. The molecule has 414 valence electrons. The third-order valence-electron chi connectivity index (χ3n) is 0.333. The molecule has 0 aromatic rings. The van der Waals surface area contributed by atoms with E-state index in [0.29, 0.717) is 26.2 Å². The Hall–Kier alpha value is -4.07. The Bertz CT molecular complexity index is 1010. The summed E-state index contributed by atoms with van der Waals surface area (Å²) < 4.78 is 102. The van der Waals surface area contributed by atoms with E-state index in [1.807, 2.05) is 0 Å². The molecule has 0 aliphatic carbocycles.